The van der Waals surface area contributed by atoms with Crippen molar-refractivity contribution in [2.45, 2.75) is 56.4 Å². The van der Waals surface area contributed by atoms with Gasteiger partial charge in [0.25, 0.3) is 0 Å². The van der Waals surface area contributed by atoms with Gasteiger partial charge in [-0.2, -0.15) is 0 Å². The van der Waals surface area contributed by atoms with Gasteiger partial charge in [0.15, 0.2) is 9.84 Å². The molecular weight excluding hydrogens is 358 g/mol. The Morgan fingerprint density at radius 2 is 1.70 bits per heavy atom. The molecule has 0 bridgehead atoms. The highest BCUT2D eigenvalue weighted by atomic mass is 32.2. The second-order valence-corrected chi connectivity index (χ2v) is 9.71. The number of nitrogen functional groups attached to an aromatic ring is 1. The molecule has 2 aromatic carbocycles. The van der Waals surface area contributed by atoms with Crippen LogP contribution in [0.15, 0.2) is 53.4 Å². The maximum Gasteiger partial charge on any atom is 0.179 e. The zero-order chi connectivity index (χ0) is 19.7. The zero-order valence-corrected chi connectivity index (χ0v) is 16.9. The molecule has 3 N–H and O–H groups in total. The average Bonchev–Trinajstić information content (AvgIpc) is 2.68. The smallest absolute Gasteiger partial charge is 0.179 e. The fourth-order valence-electron chi connectivity index (χ4n) is 4.74. The molecule has 0 unspecified atom stereocenters. The molecule has 2 aromatic rings. The van der Waals surface area contributed by atoms with Gasteiger partial charge in [-0.1, -0.05) is 57.0 Å². The van der Waals surface area contributed by atoms with Crippen LogP contribution in [0.1, 0.15) is 56.6 Å². The number of aliphatic hydroxyl groups excluding tert-OH is 1. The average molecular weight is 388 g/mol. The van der Waals surface area contributed by atoms with Crippen LogP contribution < -0.4 is 5.73 Å². The Balaban J connectivity index is 2.31. The lowest BCUT2D eigenvalue weighted by molar-refractivity contribution is 0.0146. The van der Waals surface area contributed by atoms with E-state index in [0.29, 0.717) is 29.0 Å². The summed E-state index contributed by atoms with van der Waals surface area (Å²) in [4.78, 5) is 0.304. The van der Waals surface area contributed by atoms with Gasteiger partial charge in [0, 0.05) is 17.0 Å². The normalized spacial score (nSPS) is 23.4. The maximum absolute atomic E-state index is 13.3. The minimum absolute atomic E-state index is 0.0247. The summed E-state index contributed by atoms with van der Waals surface area (Å²) in [6.45, 7) is 4.09. The predicted octanol–water partition coefficient (Wildman–Crippen LogP) is 4.14. The number of rotatable bonds is 5. The van der Waals surface area contributed by atoms with E-state index in [-0.39, 0.29) is 5.75 Å². The van der Waals surface area contributed by atoms with E-state index < -0.39 is 27.3 Å². The molecule has 3 rings (SSSR count). The molecule has 5 heteroatoms. The monoisotopic (exact) mass is 387 g/mol. The molecule has 1 aliphatic rings. The number of nitrogens with two attached hydrogens (primary N) is 1. The Bertz CT molecular complexity index is 887. The maximum atomic E-state index is 13.3. The van der Waals surface area contributed by atoms with Crippen LogP contribution >= 0.6 is 0 Å². The first kappa shape index (κ1) is 19.9. The number of anilines is 1. The summed E-state index contributed by atoms with van der Waals surface area (Å²) in [6.07, 6.45) is 2.21. The molecule has 0 saturated carbocycles. The summed E-state index contributed by atoms with van der Waals surface area (Å²) in [5.74, 6) is -0.441. The number of hydrogen-bond donors (Lipinski definition) is 2. The lowest BCUT2D eigenvalue weighted by Gasteiger charge is -2.40. The Kier molecular flexibility index (Phi) is 5.63. The van der Waals surface area contributed by atoms with E-state index in [4.69, 9.17) is 5.73 Å². The summed E-state index contributed by atoms with van der Waals surface area (Å²) < 4.78 is 26.7. The number of benzene rings is 2. The first-order valence-corrected chi connectivity index (χ1v) is 11.3. The van der Waals surface area contributed by atoms with Crippen LogP contribution in [-0.2, 0) is 9.84 Å². The van der Waals surface area contributed by atoms with Crippen LogP contribution in [0.4, 0.5) is 5.69 Å². The van der Waals surface area contributed by atoms with Crippen molar-refractivity contribution in [1.29, 1.82) is 0 Å². The summed E-state index contributed by atoms with van der Waals surface area (Å²) in [6, 6.07) is 14.7. The van der Waals surface area contributed by atoms with Gasteiger partial charge in [-0.25, -0.2) is 8.42 Å². The Morgan fingerprint density at radius 3 is 2.30 bits per heavy atom. The van der Waals surface area contributed by atoms with E-state index in [0.717, 1.165) is 18.4 Å². The van der Waals surface area contributed by atoms with Crippen molar-refractivity contribution >= 4 is 15.5 Å². The summed E-state index contributed by atoms with van der Waals surface area (Å²) in [7, 11) is -3.54. The van der Waals surface area contributed by atoms with Gasteiger partial charge in [0.05, 0.1) is 16.8 Å². The summed E-state index contributed by atoms with van der Waals surface area (Å²) in [5, 5.41) is 11.6. The number of aliphatic hydroxyl groups is 1. The van der Waals surface area contributed by atoms with Crippen LogP contribution in [0.2, 0.25) is 0 Å². The van der Waals surface area contributed by atoms with E-state index >= 15 is 0 Å². The van der Waals surface area contributed by atoms with E-state index in [1.807, 2.05) is 44.2 Å². The highest BCUT2D eigenvalue weighted by molar-refractivity contribution is 7.91. The minimum Gasteiger partial charge on any atom is -0.399 e. The van der Waals surface area contributed by atoms with Gasteiger partial charge in [-0.15, -0.1) is 0 Å². The Hall–Kier alpha value is -1.85. The molecule has 0 spiro atoms. The quantitative estimate of drug-likeness (QED) is 0.756. The highest BCUT2D eigenvalue weighted by Crippen LogP contribution is 2.49. The SMILES string of the molecule is CCCC1(CCC)CS(=O)(=O)c2ccc(N)cc2[C@@H](c2ccccc2)[C@H]1O. The summed E-state index contributed by atoms with van der Waals surface area (Å²) in [5.41, 5.74) is 7.39. The standard InChI is InChI=1S/C22H29NO3S/c1-3-12-22(13-4-2)15-27(25,26)19-11-10-17(23)14-18(19)20(21(22)24)16-8-6-5-7-9-16/h5-11,14,20-21,24H,3-4,12-13,15,23H2,1-2H3/t20-,21-/m1/s1. The first-order chi connectivity index (χ1) is 12.8. The molecule has 0 amide bonds. The fourth-order valence-corrected chi connectivity index (χ4v) is 6.93. The van der Waals surface area contributed by atoms with E-state index in [2.05, 4.69) is 0 Å². The van der Waals surface area contributed by atoms with Gasteiger partial charge in [-0.05, 0) is 42.2 Å². The van der Waals surface area contributed by atoms with Crippen LogP contribution in [0.3, 0.4) is 0 Å². The predicted molar refractivity (Wildman–Crippen MR) is 109 cm³/mol. The number of hydrogen-bond acceptors (Lipinski definition) is 4. The third-order valence-electron chi connectivity index (χ3n) is 5.78. The second-order valence-electron chi connectivity index (χ2n) is 7.75. The van der Waals surface area contributed by atoms with E-state index in [9.17, 15) is 13.5 Å². The van der Waals surface area contributed by atoms with Crippen molar-refractivity contribution in [3.63, 3.8) is 0 Å². The lowest BCUT2D eigenvalue weighted by atomic mass is 9.68. The third kappa shape index (κ3) is 3.63. The summed E-state index contributed by atoms with van der Waals surface area (Å²) >= 11 is 0. The van der Waals surface area contributed by atoms with Crippen LogP contribution in [0.5, 0.6) is 0 Å². The topological polar surface area (TPSA) is 80.4 Å². The zero-order valence-electron chi connectivity index (χ0n) is 16.1. The molecule has 1 aliphatic heterocycles. The number of sulfone groups is 1. The van der Waals surface area contributed by atoms with Crippen molar-refractivity contribution in [3.8, 4) is 0 Å². The molecule has 146 valence electrons. The van der Waals surface area contributed by atoms with Crippen molar-refractivity contribution < 1.29 is 13.5 Å². The third-order valence-corrected chi connectivity index (χ3v) is 7.78. The van der Waals surface area contributed by atoms with Crippen molar-refractivity contribution in [2.24, 2.45) is 5.41 Å². The molecule has 0 saturated heterocycles. The van der Waals surface area contributed by atoms with Crippen LogP contribution in [-0.4, -0.2) is 25.4 Å². The van der Waals surface area contributed by atoms with Gasteiger partial charge in [0.1, 0.15) is 0 Å². The van der Waals surface area contributed by atoms with E-state index in [1.54, 1.807) is 18.2 Å². The van der Waals surface area contributed by atoms with Gasteiger partial charge in [0.2, 0.25) is 0 Å². The van der Waals surface area contributed by atoms with Crippen molar-refractivity contribution in [2.75, 3.05) is 11.5 Å². The highest BCUT2D eigenvalue weighted by Gasteiger charge is 2.49. The van der Waals surface area contributed by atoms with Crippen LogP contribution in [0, 0.1) is 5.41 Å². The molecular formula is C22H29NO3S. The Morgan fingerprint density at radius 1 is 1.07 bits per heavy atom. The molecule has 0 aliphatic carbocycles. The minimum atomic E-state index is -3.54. The largest absolute Gasteiger partial charge is 0.399 e. The second kappa shape index (κ2) is 7.64. The Labute approximate surface area is 162 Å². The molecule has 27 heavy (non-hydrogen) atoms. The van der Waals surface area contributed by atoms with Gasteiger partial charge < -0.3 is 10.8 Å². The lowest BCUT2D eigenvalue weighted by Crippen LogP contribution is -2.43. The van der Waals surface area contributed by atoms with E-state index in [1.165, 1.54) is 0 Å². The van der Waals surface area contributed by atoms with Gasteiger partial charge in [-0.3, -0.25) is 0 Å². The first-order valence-electron chi connectivity index (χ1n) is 9.70. The molecule has 1 heterocycles. The molecule has 0 fully saturated rings. The fraction of sp³-hybridized carbons (Fsp3) is 0.455. The molecule has 0 radical (unpaired) electrons. The van der Waals surface area contributed by atoms with Crippen molar-refractivity contribution in [1.82, 2.24) is 0 Å². The molecule has 0 aromatic heterocycles. The number of fused-ring (bicyclic) bond motifs is 1. The van der Waals surface area contributed by atoms with Gasteiger partial charge >= 0.3 is 0 Å². The molecule has 2 atom stereocenters. The van der Waals surface area contributed by atoms with Crippen LogP contribution in [0.25, 0.3) is 0 Å². The molecule has 4 nitrogen and oxygen atoms in total. The van der Waals surface area contributed by atoms with Crippen molar-refractivity contribution in [3.05, 3.63) is 59.7 Å².